The van der Waals surface area contributed by atoms with Gasteiger partial charge in [-0.2, -0.15) is 0 Å². The monoisotopic (exact) mass is 259 g/mol. The van der Waals surface area contributed by atoms with Crippen LogP contribution in [0.25, 0.3) is 11.5 Å². The fourth-order valence-electron chi connectivity index (χ4n) is 1.47. The van der Waals surface area contributed by atoms with Gasteiger partial charge in [0.05, 0.1) is 12.8 Å². The molecule has 100 valence electrons. The Morgan fingerprint density at radius 2 is 2.05 bits per heavy atom. The molecule has 0 bridgehead atoms. The predicted molar refractivity (Wildman–Crippen MR) is 71.6 cm³/mol. The summed E-state index contributed by atoms with van der Waals surface area (Å²) in [7, 11) is 1.55. The Morgan fingerprint density at radius 3 is 2.68 bits per heavy atom. The highest BCUT2D eigenvalue weighted by Gasteiger charge is 2.06. The van der Waals surface area contributed by atoms with Gasteiger partial charge in [-0.3, -0.25) is 0 Å². The third kappa shape index (κ3) is 3.69. The highest BCUT2D eigenvalue weighted by Crippen LogP contribution is 2.13. The van der Waals surface area contributed by atoms with E-state index in [0.29, 0.717) is 30.0 Å². The summed E-state index contributed by atoms with van der Waals surface area (Å²) < 4.78 is 4.97. The Hall–Kier alpha value is -2.08. The molecule has 19 heavy (non-hydrogen) atoms. The maximum atomic E-state index is 4.97. The second kappa shape index (κ2) is 6.19. The van der Waals surface area contributed by atoms with Crippen LogP contribution in [0.1, 0.15) is 19.5 Å². The van der Waals surface area contributed by atoms with Crippen molar-refractivity contribution in [2.75, 3.05) is 7.11 Å². The van der Waals surface area contributed by atoms with E-state index in [4.69, 9.17) is 4.74 Å². The van der Waals surface area contributed by atoms with Crippen LogP contribution in [0.4, 0.5) is 0 Å². The maximum Gasteiger partial charge on any atom is 0.233 e. The van der Waals surface area contributed by atoms with Crippen molar-refractivity contribution >= 4 is 0 Å². The van der Waals surface area contributed by atoms with Gasteiger partial charge in [0, 0.05) is 24.8 Å². The highest BCUT2D eigenvalue weighted by atomic mass is 16.5. The second-order valence-corrected chi connectivity index (χ2v) is 4.37. The lowest BCUT2D eigenvalue weighted by Gasteiger charge is -2.08. The summed E-state index contributed by atoms with van der Waals surface area (Å²) in [6.07, 6.45) is 1.73. The molecule has 2 aromatic heterocycles. The molecule has 0 amide bonds. The molecule has 0 saturated heterocycles. The van der Waals surface area contributed by atoms with Crippen molar-refractivity contribution in [2.45, 2.75) is 26.4 Å². The molecule has 1 N–H and O–H groups in total. The number of aromatic nitrogens is 4. The normalized spacial score (nSPS) is 10.7. The molecule has 2 rings (SSSR count). The van der Waals surface area contributed by atoms with Gasteiger partial charge < -0.3 is 10.1 Å². The van der Waals surface area contributed by atoms with Gasteiger partial charge in [0.15, 0.2) is 5.82 Å². The van der Waals surface area contributed by atoms with Crippen molar-refractivity contribution in [1.29, 1.82) is 0 Å². The van der Waals surface area contributed by atoms with Crippen LogP contribution < -0.4 is 10.1 Å². The summed E-state index contributed by atoms with van der Waals surface area (Å²) in [5.74, 6) is 1.04. The summed E-state index contributed by atoms with van der Waals surface area (Å²) in [4.78, 5) is 8.66. The predicted octanol–water partition coefficient (Wildman–Crippen LogP) is 1.44. The van der Waals surface area contributed by atoms with Crippen molar-refractivity contribution in [1.82, 2.24) is 25.5 Å². The SMILES string of the molecule is COc1ccc(-c2nccc(CNC(C)C)n2)nn1. The van der Waals surface area contributed by atoms with Crippen molar-refractivity contribution < 1.29 is 4.74 Å². The van der Waals surface area contributed by atoms with Gasteiger partial charge in [0.1, 0.15) is 5.69 Å². The minimum Gasteiger partial charge on any atom is -0.480 e. The van der Waals surface area contributed by atoms with Crippen LogP contribution in [0.5, 0.6) is 5.88 Å². The fourth-order valence-corrected chi connectivity index (χ4v) is 1.47. The van der Waals surface area contributed by atoms with Crippen LogP contribution in [-0.2, 0) is 6.54 Å². The lowest BCUT2D eigenvalue weighted by atomic mass is 10.3. The Bertz CT molecular complexity index is 527. The van der Waals surface area contributed by atoms with Crippen LogP contribution in [0.2, 0.25) is 0 Å². The first-order valence-electron chi connectivity index (χ1n) is 6.12. The molecule has 0 spiro atoms. The quantitative estimate of drug-likeness (QED) is 0.876. The van der Waals surface area contributed by atoms with Crippen LogP contribution in [0.3, 0.4) is 0 Å². The van der Waals surface area contributed by atoms with Crippen LogP contribution in [0.15, 0.2) is 24.4 Å². The maximum absolute atomic E-state index is 4.97. The molecule has 0 aliphatic rings. The number of hydrogen-bond donors (Lipinski definition) is 1. The van der Waals surface area contributed by atoms with Crippen molar-refractivity contribution in [2.24, 2.45) is 0 Å². The van der Waals surface area contributed by atoms with E-state index >= 15 is 0 Å². The first kappa shape index (κ1) is 13.4. The molecular formula is C13H17N5O. The van der Waals surface area contributed by atoms with Gasteiger partial charge >= 0.3 is 0 Å². The van der Waals surface area contributed by atoms with E-state index in [1.54, 1.807) is 25.4 Å². The molecule has 6 heteroatoms. The zero-order chi connectivity index (χ0) is 13.7. The fraction of sp³-hybridized carbons (Fsp3) is 0.385. The number of ether oxygens (including phenoxy) is 1. The molecule has 0 fully saturated rings. The summed E-state index contributed by atoms with van der Waals surface area (Å²) >= 11 is 0. The van der Waals surface area contributed by atoms with E-state index in [9.17, 15) is 0 Å². The average Bonchev–Trinajstić information content (AvgIpc) is 2.45. The summed E-state index contributed by atoms with van der Waals surface area (Å²) in [6.45, 7) is 4.89. The van der Waals surface area contributed by atoms with Crippen molar-refractivity contribution in [3.05, 3.63) is 30.1 Å². The first-order valence-corrected chi connectivity index (χ1v) is 6.12. The van der Waals surface area contributed by atoms with Gasteiger partial charge in [-0.05, 0) is 12.1 Å². The van der Waals surface area contributed by atoms with E-state index < -0.39 is 0 Å². The molecule has 0 aliphatic carbocycles. The highest BCUT2D eigenvalue weighted by molar-refractivity contribution is 5.48. The Balaban J connectivity index is 2.17. The lowest BCUT2D eigenvalue weighted by molar-refractivity contribution is 0.392. The molecule has 0 radical (unpaired) electrons. The number of rotatable bonds is 5. The van der Waals surface area contributed by atoms with E-state index in [1.807, 2.05) is 6.07 Å². The lowest BCUT2D eigenvalue weighted by Crippen LogP contribution is -2.22. The van der Waals surface area contributed by atoms with Crippen LogP contribution >= 0.6 is 0 Å². The smallest absolute Gasteiger partial charge is 0.233 e. The summed E-state index contributed by atoms with van der Waals surface area (Å²) in [5, 5.41) is 11.3. The van der Waals surface area contributed by atoms with Crippen molar-refractivity contribution in [3.8, 4) is 17.4 Å². The molecule has 0 aromatic carbocycles. The summed E-state index contributed by atoms with van der Waals surface area (Å²) in [6, 6.07) is 5.83. The molecule has 2 aromatic rings. The van der Waals surface area contributed by atoms with E-state index in [1.165, 1.54) is 0 Å². The zero-order valence-electron chi connectivity index (χ0n) is 11.3. The molecule has 0 atom stereocenters. The molecule has 0 aliphatic heterocycles. The second-order valence-electron chi connectivity index (χ2n) is 4.37. The van der Waals surface area contributed by atoms with E-state index in [-0.39, 0.29) is 0 Å². The molecular weight excluding hydrogens is 242 g/mol. The van der Waals surface area contributed by atoms with Gasteiger partial charge in [0.25, 0.3) is 0 Å². The van der Waals surface area contributed by atoms with Gasteiger partial charge in [-0.25, -0.2) is 9.97 Å². The third-order valence-electron chi connectivity index (χ3n) is 2.48. The van der Waals surface area contributed by atoms with E-state index in [0.717, 1.165) is 5.69 Å². The van der Waals surface area contributed by atoms with Crippen molar-refractivity contribution in [3.63, 3.8) is 0 Å². The van der Waals surface area contributed by atoms with Gasteiger partial charge in [-0.15, -0.1) is 10.2 Å². The Labute approximate surface area is 112 Å². The largest absolute Gasteiger partial charge is 0.480 e. The number of methoxy groups -OCH3 is 1. The minimum absolute atomic E-state index is 0.416. The standard InChI is InChI=1S/C13H17N5O/c1-9(2)15-8-10-6-7-14-13(16-10)11-4-5-12(19-3)18-17-11/h4-7,9,15H,8H2,1-3H3. The first-order chi connectivity index (χ1) is 9.19. The molecule has 0 saturated carbocycles. The van der Waals surface area contributed by atoms with Crippen LogP contribution in [-0.4, -0.2) is 33.3 Å². The Morgan fingerprint density at radius 1 is 1.21 bits per heavy atom. The van der Waals surface area contributed by atoms with Gasteiger partial charge in [0.2, 0.25) is 5.88 Å². The average molecular weight is 259 g/mol. The summed E-state index contributed by atoms with van der Waals surface area (Å²) in [5.41, 5.74) is 1.56. The topological polar surface area (TPSA) is 72.8 Å². The number of hydrogen-bond acceptors (Lipinski definition) is 6. The third-order valence-corrected chi connectivity index (χ3v) is 2.48. The minimum atomic E-state index is 0.416. The number of nitrogens with zero attached hydrogens (tertiary/aromatic N) is 4. The molecule has 0 unspecified atom stereocenters. The molecule has 6 nitrogen and oxygen atoms in total. The number of nitrogens with one attached hydrogen (secondary N) is 1. The van der Waals surface area contributed by atoms with E-state index in [2.05, 4.69) is 39.3 Å². The van der Waals surface area contributed by atoms with Gasteiger partial charge in [-0.1, -0.05) is 13.8 Å². The van der Waals surface area contributed by atoms with Crippen LogP contribution in [0, 0.1) is 0 Å². The Kier molecular flexibility index (Phi) is 4.35. The zero-order valence-corrected chi connectivity index (χ0v) is 11.3. The molecule has 2 heterocycles.